The second kappa shape index (κ2) is 7.61. The van der Waals surface area contributed by atoms with E-state index in [4.69, 9.17) is 10.8 Å². The van der Waals surface area contributed by atoms with Crippen LogP contribution in [0.3, 0.4) is 0 Å². The van der Waals surface area contributed by atoms with E-state index in [0.29, 0.717) is 10.7 Å². The van der Waals surface area contributed by atoms with Crippen LogP contribution in [0.2, 0.25) is 0 Å². The van der Waals surface area contributed by atoms with Crippen molar-refractivity contribution in [3.63, 3.8) is 0 Å². The molecule has 3 N–H and O–H groups in total. The first-order valence-electron chi connectivity index (χ1n) is 9.86. The number of para-hydroxylation sites is 1. The van der Waals surface area contributed by atoms with E-state index in [0.717, 1.165) is 35.5 Å². The number of thioether (sulfide) groups is 1. The summed E-state index contributed by atoms with van der Waals surface area (Å²) in [7, 11) is 3.64. The maximum Gasteiger partial charge on any atom is 0.260 e. The molecule has 0 aliphatic carbocycles. The molecular formula is C22H31N5OS. The van der Waals surface area contributed by atoms with E-state index >= 15 is 0 Å². The Balaban J connectivity index is 1.80. The Morgan fingerprint density at radius 1 is 1.17 bits per heavy atom. The summed E-state index contributed by atoms with van der Waals surface area (Å²) in [6.07, 6.45) is 1.84. The van der Waals surface area contributed by atoms with Crippen molar-refractivity contribution in [1.82, 2.24) is 14.8 Å². The molecule has 0 radical (unpaired) electrons. The molecule has 0 bridgehead atoms. The van der Waals surface area contributed by atoms with E-state index in [1.807, 2.05) is 36.2 Å². The van der Waals surface area contributed by atoms with Crippen LogP contribution in [0.5, 0.6) is 0 Å². The second-order valence-electron chi connectivity index (χ2n) is 9.28. The first-order chi connectivity index (χ1) is 13.4. The van der Waals surface area contributed by atoms with Gasteiger partial charge in [-0.25, -0.2) is 0 Å². The van der Waals surface area contributed by atoms with Crippen LogP contribution < -0.4 is 10.9 Å². The summed E-state index contributed by atoms with van der Waals surface area (Å²) in [5.74, 6) is 0. The summed E-state index contributed by atoms with van der Waals surface area (Å²) in [5, 5.41) is 22.1. The number of amidine groups is 1. The molecule has 6 nitrogen and oxygen atoms in total. The predicted molar refractivity (Wildman–Crippen MR) is 123 cm³/mol. The van der Waals surface area contributed by atoms with Crippen LogP contribution >= 0.6 is 11.8 Å². The quantitative estimate of drug-likeness (QED) is 0.517. The van der Waals surface area contributed by atoms with Gasteiger partial charge in [0.2, 0.25) is 0 Å². The van der Waals surface area contributed by atoms with Crippen molar-refractivity contribution in [3.05, 3.63) is 46.2 Å². The average Bonchev–Trinajstić information content (AvgIpc) is 2.61. The zero-order valence-corrected chi connectivity index (χ0v) is 18.9. The maximum absolute atomic E-state index is 12.8. The van der Waals surface area contributed by atoms with Gasteiger partial charge in [-0.1, -0.05) is 18.2 Å². The average molecular weight is 414 g/mol. The van der Waals surface area contributed by atoms with Crippen LogP contribution in [0.15, 0.2) is 35.1 Å². The van der Waals surface area contributed by atoms with Gasteiger partial charge in [0.05, 0.1) is 11.1 Å². The van der Waals surface area contributed by atoms with Gasteiger partial charge in [0.15, 0.2) is 5.17 Å². The van der Waals surface area contributed by atoms with E-state index in [1.54, 1.807) is 17.7 Å². The number of piperidine rings is 1. The predicted octanol–water partition coefficient (Wildman–Crippen LogP) is 3.77. The van der Waals surface area contributed by atoms with E-state index in [1.165, 1.54) is 0 Å². The largest absolute Gasteiger partial charge is 0.351 e. The molecule has 0 amide bonds. The van der Waals surface area contributed by atoms with E-state index in [9.17, 15) is 4.79 Å². The Morgan fingerprint density at radius 2 is 1.76 bits per heavy atom. The molecule has 1 aliphatic heterocycles. The topological polar surface area (TPSA) is 85.0 Å². The number of nitrogens with zero attached hydrogens (tertiary/aromatic N) is 2. The van der Waals surface area contributed by atoms with E-state index in [-0.39, 0.29) is 27.7 Å². The third-order valence-corrected chi connectivity index (χ3v) is 6.52. The number of benzene rings is 1. The smallest absolute Gasteiger partial charge is 0.260 e. The van der Waals surface area contributed by atoms with Crippen molar-refractivity contribution < 1.29 is 0 Å². The highest BCUT2D eigenvalue weighted by atomic mass is 32.2. The van der Waals surface area contributed by atoms with Crippen LogP contribution in [-0.2, 0) is 7.05 Å². The Hall–Kier alpha value is -2.12. The summed E-state index contributed by atoms with van der Waals surface area (Å²) < 4.78 is 1.57. The Morgan fingerprint density at radius 3 is 2.38 bits per heavy atom. The van der Waals surface area contributed by atoms with Crippen molar-refractivity contribution in [2.75, 3.05) is 7.05 Å². The van der Waals surface area contributed by atoms with Gasteiger partial charge in [-0.2, -0.15) is 0 Å². The number of hydrogen-bond acceptors (Lipinski definition) is 5. The molecule has 1 saturated heterocycles. The van der Waals surface area contributed by atoms with Crippen molar-refractivity contribution >= 4 is 32.9 Å². The van der Waals surface area contributed by atoms with Crippen LogP contribution in [-0.4, -0.2) is 43.8 Å². The zero-order valence-electron chi connectivity index (χ0n) is 18.1. The first-order valence-corrected chi connectivity index (χ1v) is 10.7. The van der Waals surface area contributed by atoms with Crippen molar-refractivity contribution in [3.8, 4) is 0 Å². The number of aryl methyl sites for hydroxylation is 1. The molecule has 1 aliphatic rings. The molecule has 1 fully saturated rings. The summed E-state index contributed by atoms with van der Waals surface area (Å²) in [5.41, 5.74) is 0.924. The summed E-state index contributed by atoms with van der Waals surface area (Å²) in [6.45, 7) is 8.75. The van der Waals surface area contributed by atoms with Gasteiger partial charge < -0.3 is 14.8 Å². The third-order valence-electron chi connectivity index (χ3n) is 5.61. The minimum Gasteiger partial charge on any atom is -0.351 e. The van der Waals surface area contributed by atoms with Crippen LogP contribution in [0, 0.1) is 10.8 Å². The molecule has 0 unspecified atom stereocenters. The van der Waals surface area contributed by atoms with Gasteiger partial charge in [0.1, 0.15) is 5.04 Å². The fraction of sp³-hybridized carbons (Fsp3) is 0.500. The SMILES string of the molecule is CN(C(=N)SC(=N)c1cc2ccccc2n(C)c1=O)C1CC(C)(C)NC(C)(C)C1. The highest BCUT2D eigenvalue weighted by Crippen LogP contribution is 2.32. The lowest BCUT2D eigenvalue weighted by Gasteiger charge is -2.49. The lowest BCUT2D eigenvalue weighted by molar-refractivity contribution is 0.114. The number of rotatable bonds is 2. The van der Waals surface area contributed by atoms with Crippen LogP contribution in [0.4, 0.5) is 0 Å². The number of fused-ring (bicyclic) bond motifs is 1. The number of pyridine rings is 1. The van der Waals surface area contributed by atoms with Gasteiger partial charge in [-0.3, -0.25) is 15.6 Å². The Bertz CT molecular complexity index is 1010. The van der Waals surface area contributed by atoms with Crippen LogP contribution in [0.25, 0.3) is 10.9 Å². The van der Waals surface area contributed by atoms with Crippen molar-refractivity contribution in [2.45, 2.75) is 57.7 Å². The monoisotopic (exact) mass is 413 g/mol. The van der Waals surface area contributed by atoms with E-state index < -0.39 is 0 Å². The lowest BCUT2D eigenvalue weighted by Crippen LogP contribution is -2.62. The van der Waals surface area contributed by atoms with Gasteiger partial charge in [-0.05, 0) is 69.8 Å². The van der Waals surface area contributed by atoms with Gasteiger partial charge in [0.25, 0.3) is 5.56 Å². The lowest BCUT2D eigenvalue weighted by atomic mass is 9.79. The first kappa shape index (κ1) is 21.6. The fourth-order valence-corrected chi connectivity index (χ4v) is 5.26. The molecule has 0 saturated carbocycles. The Kier molecular flexibility index (Phi) is 5.66. The van der Waals surface area contributed by atoms with Crippen molar-refractivity contribution in [2.24, 2.45) is 7.05 Å². The molecule has 0 spiro atoms. The molecule has 1 aromatic heterocycles. The molecule has 2 heterocycles. The number of hydrogen-bond donors (Lipinski definition) is 3. The molecule has 0 atom stereocenters. The summed E-state index contributed by atoms with van der Waals surface area (Å²) >= 11 is 1.04. The molecular weight excluding hydrogens is 382 g/mol. The molecule has 3 rings (SSSR count). The molecule has 2 aromatic rings. The molecule has 156 valence electrons. The minimum absolute atomic E-state index is 0.0204. The number of aromatic nitrogens is 1. The highest BCUT2D eigenvalue weighted by Gasteiger charge is 2.39. The molecule has 1 aromatic carbocycles. The zero-order chi connectivity index (χ0) is 21.6. The molecule has 7 heteroatoms. The van der Waals surface area contributed by atoms with E-state index in [2.05, 4.69) is 33.0 Å². The number of nitrogens with one attached hydrogen (secondary N) is 3. The maximum atomic E-state index is 12.8. The van der Waals surface area contributed by atoms with Gasteiger partial charge in [-0.15, -0.1) is 0 Å². The Labute approximate surface area is 176 Å². The summed E-state index contributed by atoms with van der Waals surface area (Å²) in [4.78, 5) is 14.7. The van der Waals surface area contributed by atoms with Crippen molar-refractivity contribution in [1.29, 1.82) is 10.8 Å². The summed E-state index contributed by atoms with van der Waals surface area (Å²) in [6, 6.07) is 9.61. The minimum atomic E-state index is -0.208. The fourth-order valence-electron chi connectivity index (χ4n) is 4.52. The van der Waals surface area contributed by atoms with Gasteiger partial charge in [0, 0.05) is 31.2 Å². The standard InChI is InChI=1S/C22H31N5OS/c1-21(2)12-15(13-22(3,4)25-21)26(5)20(24)29-18(23)16-11-14-9-7-8-10-17(14)27(6)19(16)28/h7-11,15,23-25H,12-13H2,1-6H3. The van der Waals surface area contributed by atoms with Gasteiger partial charge >= 0.3 is 0 Å². The van der Waals surface area contributed by atoms with Crippen LogP contribution in [0.1, 0.15) is 46.1 Å². The third kappa shape index (κ3) is 4.56. The normalized spacial score (nSPS) is 18.6. The second-order valence-corrected chi connectivity index (χ2v) is 10.3. The molecule has 29 heavy (non-hydrogen) atoms. The highest BCUT2D eigenvalue weighted by molar-refractivity contribution is 8.26.